The van der Waals surface area contributed by atoms with Crippen LogP contribution in [0, 0.1) is 29.3 Å². The Kier molecular flexibility index (Phi) is 8.97. The molecule has 2 aliphatic rings. The van der Waals surface area contributed by atoms with Crippen LogP contribution in [0.25, 0.3) is 11.1 Å². The molecule has 0 saturated heterocycles. The number of allylic oxidation sites excluding steroid dienone is 2. The molecule has 35 heavy (non-hydrogen) atoms. The number of methoxy groups -OCH3 is 1. The molecular weight excluding hydrogens is 445 g/mol. The van der Waals surface area contributed by atoms with Crippen LogP contribution >= 0.6 is 0 Å². The molecule has 0 heterocycles. The first-order chi connectivity index (χ1) is 17.0. The summed E-state index contributed by atoms with van der Waals surface area (Å²) in [6.45, 7) is 2.27. The van der Waals surface area contributed by atoms with Crippen molar-refractivity contribution >= 4 is 0 Å². The molecular formula is C31H39F3O. The Morgan fingerprint density at radius 2 is 1.57 bits per heavy atom. The third kappa shape index (κ3) is 6.32. The van der Waals surface area contributed by atoms with E-state index in [9.17, 15) is 13.2 Å². The van der Waals surface area contributed by atoms with Gasteiger partial charge in [0.25, 0.3) is 0 Å². The molecule has 0 bridgehead atoms. The second-order valence-electron chi connectivity index (χ2n) is 10.6. The average Bonchev–Trinajstić information content (AvgIpc) is 2.87. The standard InChI is InChI=1S/C31H39F3O/c1-3-4-5-6-7-21-8-10-22(11-9-21)12-13-23-14-15-24-19-27(28(32)20-25(24)18-23)26-16-17-29(35-2)31(34)30(26)33/h14,16-17,19-22H,3-13,15,18H2,1-2H3. The van der Waals surface area contributed by atoms with E-state index in [1.165, 1.54) is 95.1 Å². The minimum absolute atomic E-state index is 0.0701. The van der Waals surface area contributed by atoms with Crippen molar-refractivity contribution in [2.75, 3.05) is 7.11 Å². The van der Waals surface area contributed by atoms with E-state index in [4.69, 9.17) is 4.74 Å². The van der Waals surface area contributed by atoms with E-state index in [2.05, 4.69) is 13.0 Å². The van der Waals surface area contributed by atoms with Gasteiger partial charge in [-0.15, -0.1) is 0 Å². The molecule has 0 spiro atoms. The quantitative estimate of drug-likeness (QED) is 0.241. The number of halogens is 3. The van der Waals surface area contributed by atoms with Crippen LogP contribution in [-0.2, 0) is 12.8 Å². The molecule has 1 fully saturated rings. The third-order valence-corrected chi connectivity index (χ3v) is 8.18. The molecule has 4 heteroatoms. The van der Waals surface area contributed by atoms with Gasteiger partial charge in [0.1, 0.15) is 5.82 Å². The summed E-state index contributed by atoms with van der Waals surface area (Å²) >= 11 is 0. The molecule has 0 N–H and O–H groups in total. The number of ether oxygens (including phenoxy) is 1. The maximum absolute atomic E-state index is 15.0. The highest BCUT2D eigenvalue weighted by Crippen LogP contribution is 2.37. The van der Waals surface area contributed by atoms with Gasteiger partial charge < -0.3 is 4.74 Å². The predicted molar refractivity (Wildman–Crippen MR) is 137 cm³/mol. The van der Waals surface area contributed by atoms with Crippen LogP contribution in [0.4, 0.5) is 13.2 Å². The maximum atomic E-state index is 15.0. The van der Waals surface area contributed by atoms with E-state index in [0.717, 1.165) is 35.8 Å². The Balaban J connectivity index is 1.32. The van der Waals surface area contributed by atoms with Crippen LogP contribution in [0.5, 0.6) is 5.75 Å². The molecule has 0 aliphatic heterocycles. The van der Waals surface area contributed by atoms with Crippen molar-refractivity contribution in [3.63, 3.8) is 0 Å². The minimum Gasteiger partial charge on any atom is -0.494 e. The lowest BCUT2D eigenvalue weighted by Gasteiger charge is -2.29. The highest BCUT2D eigenvalue weighted by molar-refractivity contribution is 5.68. The van der Waals surface area contributed by atoms with Gasteiger partial charge in [0.15, 0.2) is 11.6 Å². The van der Waals surface area contributed by atoms with Crippen LogP contribution in [0.15, 0.2) is 35.9 Å². The lowest BCUT2D eigenvalue weighted by atomic mass is 9.77. The fourth-order valence-corrected chi connectivity index (χ4v) is 5.94. The molecule has 2 aliphatic carbocycles. The van der Waals surface area contributed by atoms with Crippen molar-refractivity contribution in [3.8, 4) is 16.9 Å². The number of benzene rings is 2. The van der Waals surface area contributed by atoms with Crippen molar-refractivity contribution in [1.82, 2.24) is 0 Å². The largest absolute Gasteiger partial charge is 0.494 e. The molecule has 2 aromatic rings. The van der Waals surface area contributed by atoms with E-state index < -0.39 is 17.5 Å². The fourth-order valence-electron chi connectivity index (χ4n) is 5.94. The number of hydrogen-bond donors (Lipinski definition) is 0. The van der Waals surface area contributed by atoms with Crippen LogP contribution in [-0.4, -0.2) is 7.11 Å². The van der Waals surface area contributed by atoms with Crippen molar-refractivity contribution in [2.24, 2.45) is 11.8 Å². The summed E-state index contributed by atoms with van der Waals surface area (Å²) < 4.78 is 48.6. The summed E-state index contributed by atoms with van der Waals surface area (Å²) in [6.07, 6.45) is 18.4. The topological polar surface area (TPSA) is 9.23 Å². The Labute approximate surface area is 208 Å². The maximum Gasteiger partial charge on any atom is 0.201 e. The summed E-state index contributed by atoms with van der Waals surface area (Å²) in [5.41, 5.74) is 3.37. The van der Waals surface area contributed by atoms with Gasteiger partial charge in [-0.3, -0.25) is 0 Å². The predicted octanol–water partition coefficient (Wildman–Crippen LogP) is 9.36. The number of hydrogen-bond acceptors (Lipinski definition) is 1. The van der Waals surface area contributed by atoms with Gasteiger partial charge >= 0.3 is 0 Å². The van der Waals surface area contributed by atoms with E-state index >= 15 is 0 Å². The Bertz CT molecular complexity index is 1030. The molecule has 4 rings (SSSR count). The van der Waals surface area contributed by atoms with Crippen molar-refractivity contribution in [2.45, 2.75) is 90.4 Å². The van der Waals surface area contributed by atoms with Crippen LogP contribution < -0.4 is 4.74 Å². The SMILES string of the molecule is CCCCCCC1CCC(CCC2=CCc3cc(-c4ccc(OC)c(F)c4F)c(F)cc3C2)CC1. The smallest absolute Gasteiger partial charge is 0.201 e. The zero-order valence-corrected chi connectivity index (χ0v) is 21.3. The Morgan fingerprint density at radius 1 is 0.829 bits per heavy atom. The molecule has 0 unspecified atom stereocenters. The Morgan fingerprint density at radius 3 is 2.29 bits per heavy atom. The molecule has 0 amide bonds. The molecule has 0 radical (unpaired) electrons. The molecule has 0 aromatic heterocycles. The monoisotopic (exact) mass is 484 g/mol. The first-order valence-electron chi connectivity index (χ1n) is 13.5. The van der Waals surface area contributed by atoms with Crippen molar-refractivity contribution in [1.29, 1.82) is 0 Å². The summed E-state index contributed by atoms with van der Waals surface area (Å²) in [7, 11) is 1.28. The van der Waals surface area contributed by atoms with Crippen molar-refractivity contribution in [3.05, 3.63) is 64.5 Å². The lowest BCUT2D eigenvalue weighted by molar-refractivity contribution is 0.248. The van der Waals surface area contributed by atoms with Gasteiger partial charge in [0.2, 0.25) is 5.82 Å². The van der Waals surface area contributed by atoms with Crippen LogP contribution in [0.3, 0.4) is 0 Å². The second kappa shape index (κ2) is 12.1. The molecule has 1 nitrogen and oxygen atoms in total. The average molecular weight is 485 g/mol. The van der Waals surface area contributed by atoms with Gasteiger partial charge in [-0.1, -0.05) is 76.4 Å². The van der Waals surface area contributed by atoms with Crippen LogP contribution in [0.1, 0.15) is 88.7 Å². The van der Waals surface area contributed by atoms with Gasteiger partial charge in [-0.05, 0) is 72.9 Å². The van der Waals surface area contributed by atoms with Gasteiger partial charge in [0.05, 0.1) is 7.11 Å². The summed E-state index contributed by atoms with van der Waals surface area (Å²) in [6, 6.07) is 5.92. The highest BCUT2D eigenvalue weighted by Gasteiger charge is 2.23. The zero-order valence-electron chi connectivity index (χ0n) is 21.3. The number of unbranched alkanes of at least 4 members (excludes halogenated alkanes) is 3. The number of fused-ring (bicyclic) bond motifs is 1. The highest BCUT2D eigenvalue weighted by atomic mass is 19.2. The normalized spacial score (nSPS) is 19.9. The van der Waals surface area contributed by atoms with Gasteiger partial charge in [-0.2, -0.15) is 4.39 Å². The lowest BCUT2D eigenvalue weighted by Crippen LogP contribution is -2.15. The Hall–Kier alpha value is -2.23. The van der Waals surface area contributed by atoms with E-state index in [1.54, 1.807) is 6.07 Å². The van der Waals surface area contributed by atoms with Crippen LogP contribution in [0.2, 0.25) is 0 Å². The van der Waals surface area contributed by atoms with E-state index in [-0.39, 0.29) is 16.9 Å². The summed E-state index contributed by atoms with van der Waals surface area (Å²) in [4.78, 5) is 0. The zero-order chi connectivity index (χ0) is 24.8. The minimum atomic E-state index is -1.09. The molecule has 2 aromatic carbocycles. The third-order valence-electron chi connectivity index (χ3n) is 8.18. The first-order valence-corrected chi connectivity index (χ1v) is 13.5. The first kappa shape index (κ1) is 25.9. The van der Waals surface area contributed by atoms with E-state index in [1.807, 2.05) is 0 Å². The summed E-state index contributed by atoms with van der Waals surface area (Å²) in [5, 5.41) is 0. The van der Waals surface area contributed by atoms with Gasteiger partial charge in [-0.25, -0.2) is 8.78 Å². The molecule has 0 atom stereocenters. The molecule has 1 saturated carbocycles. The van der Waals surface area contributed by atoms with Crippen molar-refractivity contribution < 1.29 is 17.9 Å². The number of rotatable bonds is 10. The summed E-state index contributed by atoms with van der Waals surface area (Å²) in [5.74, 6) is -1.11. The van der Waals surface area contributed by atoms with E-state index in [0.29, 0.717) is 6.42 Å². The second-order valence-corrected chi connectivity index (χ2v) is 10.6. The molecule has 190 valence electrons. The fraction of sp³-hybridized carbons (Fsp3) is 0.548. The van der Waals surface area contributed by atoms with Gasteiger partial charge in [0, 0.05) is 11.1 Å².